The van der Waals surface area contributed by atoms with Crippen molar-refractivity contribution in [2.24, 2.45) is 0 Å². The van der Waals surface area contributed by atoms with Crippen molar-refractivity contribution < 1.29 is 4.74 Å². The third-order valence-electron chi connectivity index (χ3n) is 3.84. The Labute approximate surface area is 124 Å². The maximum atomic E-state index is 5.37. The smallest absolute Gasteiger partial charge is 0.123 e. The van der Waals surface area contributed by atoms with E-state index in [-0.39, 0.29) is 0 Å². The average Bonchev–Trinajstić information content (AvgIpc) is 2.49. The van der Waals surface area contributed by atoms with Gasteiger partial charge in [-0.15, -0.1) is 0 Å². The molecule has 3 heteroatoms. The van der Waals surface area contributed by atoms with Gasteiger partial charge in [-0.05, 0) is 45.5 Å². The molecule has 1 rings (SSSR count). The summed E-state index contributed by atoms with van der Waals surface area (Å²) in [5.41, 5.74) is 1.23. The predicted octanol–water partition coefficient (Wildman–Crippen LogP) is 3.30. The molecule has 114 valence electrons. The molecule has 1 N–H and O–H groups in total. The van der Waals surface area contributed by atoms with Gasteiger partial charge in [-0.3, -0.25) is 0 Å². The van der Waals surface area contributed by atoms with Crippen LogP contribution in [0.3, 0.4) is 0 Å². The molecule has 0 saturated heterocycles. The van der Waals surface area contributed by atoms with Crippen LogP contribution >= 0.6 is 0 Å². The minimum absolute atomic E-state index is 0.537. The van der Waals surface area contributed by atoms with Gasteiger partial charge in [0.2, 0.25) is 0 Å². The van der Waals surface area contributed by atoms with E-state index in [1.807, 2.05) is 12.1 Å². The quantitative estimate of drug-likeness (QED) is 0.711. The Hall–Kier alpha value is -1.06. The van der Waals surface area contributed by atoms with E-state index < -0.39 is 0 Å². The molecular formula is C17H30N2O. The zero-order valence-corrected chi connectivity index (χ0v) is 13.5. The average molecular weight is 278 g/mol. The highest BCUT2D eigenvalue weighted by atomic mass is 16.5. The highest BCUT2D eigenvalue weighted by Gasteiger charge is 2.06. The van der Waals surface area contributed by atoms with Crippen LogP contribution < -0.4 is 10.1 Å². The van der Waals surface area contributed by atoms with Gasteiger partial charge in [-0.1, -0.05) is 32.0 Å². The van der Waals surface area contributed by atoms with Crippen LogP contribution in [0.25, 0.3) is 0 Å². The fourth-order valence-corrected chi connectivity index (χ4v) is 2.40. The molecule has 1 aromatic rings. The van der Waals surface area contributed by atoms with Crippen LogP contribution in [0, 0.1) is 0 Å². The summed E-state index contributed by atoms with van der Waals surface area (Å²) < 4.78 is 5.37. The molecule has 0 heterocycles. The lowest BCUT2D eigenvalue weighted by molar-refractivity contribution is 0.290. The van der Waals surface area contributed by atoms with Crippen molar-refractivity contribution in [3.8, 4) is 5.75 Å². The van der Waals surface area contributed by atoms with Gasteiger partial charge in [0.05, 0.1) is 7.11 Å². The van der Waals surface area contributed by atoms with Gasteiger partial charge in [0.1, 0.15) is 5.75 Å². The van der Waals surface area contributed by atoms with Crippen LogP contribution in [0.15, 0.2) is 24.3 Å². The molecule has 0 aliphatic heterocycles. The van der Waals surface area contributed by atoms with E-state index in [0.717, 1.165) is 25.4 Å². The number of ether oxygens (including phenoxy) is 1. The monoisotopic (exact) mass is 278 g/mol. The Balaban J connectivity index is 2.27. The lowest BCUT2D eigenvalue weighted by Crippen LogP contribution is -2.28. The number of benzene rings is 1. The van der Waals surface area contributed by atoms with Gasteiger partial charge < -0.3 is 15.0 Å². The van der Waals surface area contributed by atoms with Gasteiger partial charge in [0.25, 0.3) is 0 Å². The van der Waals surface area contributed by atoms with Crippen molar-refractivity contribution in [2.45, 2.75) is 46.2 Å². The summed E-state index contributed by atoms with van der Waals surface area (Å²) in [5.74, 6) is 0.968. The highest BCUT2D eigenvalue weighted by molar-refractivity contribution is 5.32. The Morgan fingerprint density at radius 1 is 1.20 bits per heavy atom. The van der Waals surface area contributed by atoms with E-state index in [1.165, 1.54) is 24.9 Å². The number of rotatable bonds is 10. The van der Waals surface area contributed by atoms with Crippen LogP contribution in [0.4, 0.5) is 0 Å². The molecule has 1 aromatic carbocycles. The second-order valence-electron chi connectivity index (χ2n) is 5.26. The molecule has 1 atom stereocenters. The largest absolute Gasteiger partial charge is 0.496 e. The minimum Gasteiger partial charge on any atom is -0.496 e. The van der Waals surface area contributed by atoms with Crippen molar-refractivity contribution in [2.75, 3.05) is 26.7 Å². The molecule has 0 aliphatic carbocycles. The summed E-state index contributed by atoms with van der Waals surface area (Å²) in [6.07, 6.45) is 2.47. The highest BCUT2D eigenvalue weighted by Crippen LogP contribution is 2.17. The molecule has 0 bridgehead atoms. The Bertz CT molecular complexity index is 364. The molecule has 0 saturated carbocycles. The van der Waals surface area contributed by atoms with Crippen LogP contribution in [0.2, 0.25) is 0 Å². The summed E-state index contributed by atoms with van der Waals surface area (Å²) in [4.78, 5) is 2.48. The number of methoxy groups -OCH3 is 1. The number of hydrogen-bond acceptors (Lipinski definition) is 3. The van der Waals surface area contributed by atoms with E-state index in [0.29, 0.717) is 6.04 Å². The fraction of sp³-hybridized carbons (Fsp3) is 0.647. The fourth-order valence-electron chi connectivity index (χ4n) is 2.40. The van der Waals surface area contributed by atoms with Gasteiger partial charge in [-0.2, -0.15) is 0 Å². The van der Waals surface area contributed by atoms with E-state index >= 15 is 0 Å². The molecule has 0 aromatic heterocycles. The Kier molecular flexibility index (Phi) is 8.31. The van der Waals surface area contributed by atoms with Gasteiger partial charge >= 0.3 is 0 Å². The van der Waals surface area contributed by atoms with Crippen molar-refractivity contribution in [1.82, 2.24) is 10.2 Å². The molecular weight excluding hydrogens is 248 g/mol. The lowest BCUT2D eigenvalue weighted by atomic mass is 10.1. The standard InChI is InChI=1S/C17H30N2O/c1-5-19(6-2)13-9-10-15(3)18-14-16-11-7-8-12-17(16)20-4/h7-8,11-12,15,18H,5-6,9-10,13-14H2,1-4H3/t15-/m0/s1. The van der Waals surface area contributed by atoms with Crippen LogP contribution in [0.1, 0.15) is 39.2 Å². The van der Waals surface area contributed by atoms with Crippen molar-refractivity contribution in [3.63, 3.8) is 0 Å². The molecule has 0 unspecified atom stereocenters. The van der Waals surface area contributed by atoms with E-state index in [2.05, 4.69) is 43.1 Å². The topological polar surface area (TPSA) is 24.5 Å². The summed E-state index contributed by atoms with van der Waals surface area (Å²) in [6, 6.07) is 8.74. The lowest BCUT2D eigenvalue weighted by Gasteiger charge is -2.20. The SMILES string of the molecule is CCN(CC)CCC[C@H](C)NCc1ccccc1OC. The Morgan fingerprint density at radius 2 is 1.90 bits per heavy atom. The molecule has 20 heavy (non-hydrogen) atoms. The summed E-state index contributed by atoms with van der Waals surface area (Å²) in [7, 11) is 1.73. The van der Waals surface area contributed by atoms with Crippen LogP contribution in [0.5, 0.6) is 5.75 Å². The summed E-state index contributed by atoms with van der Waals surface area (Å²) >= 11 is 0. The number of hydrogen-bond donors (Lipinski definition) is 1. The first-order valence-corrected chi connectivity index (χ1v) is 7.78. The maximum absolute atomic E-state index is 5.37. The first-order valence-electron chi connectivity index (χ1n) is 7.78. The summed E-state index contributed by atoms with van der Waals surface area (Å²) in [6.45, 7) is 11.1. The molecule has 0 aliphatic rings. The number of nitrogens with zero attached hydrogens (tertiary/aromatic N) is 1. The second kappa shape index (κ2) is 9.78. The maximum Gasteiger partial charge on any atom is 0.123 e. The van der Waals surface area contributed by atoms with E-state index in [4.69, 9.17) is 4.74 Å². The van der Waals surface area contributed by atoms with Gasteiger partial charge in [0.15, 0.2) is 0 Å². The van der Waals surface area contributed by atoms with Crippen LogP contribution in [-0.4, -0.2) is 37.7 Å². The zero-order chi connectivity index (χ0) is 14.8. The number of nitrogens with one attached hydrogen (secondary N) is 1. The predicted molar refractivity (Wildman–Crippen MR) is 86.3 cm³/mol. The van der Waals surface area contributed by atoms with Gasteiger partial charge in [-0.25, -0.2) is 0 Å². The molecule has 3 nitrogen and oxygen atoms in total. The third kappa shape index (κ3) is 5.93. The van der Waals surface area contributed by atoms with Crippen molar-refractivity contribution in [1.29, 1.82) is 0 Å². The third-order valence-corrected chi connectivity index (χ3v) is 3.84. The number of para-hydroxylation sites is 1. The second-order valence-corrected chi connectivity index (χ2v) is 5.26. The first-order chi connectivity index (χ1) is 9.71. The summed E-state index contributed by atoms with van der Waals surface area (Å²) in [5, 5.41) is 3.58. The molecule has 0 amide bonds. The first kappa shape index (κ1) is 17.0. The molecule has 0 radical (unpaired) electrons. The van der Waals surface area contributed by atoms with Crippen molar-refractivity contribution in [3.05, 3.63) is 29.8 Å². The van der Waals surface area contributed by atoms with Crippen LogP contribution in [-0.2, 0) is 6.54 Å². The van der Waals surface area contributed by atoms with Gasteiger partial charge in [0, 0.05) is 18.2 Å². The molecule has 0 spiro atoms. The van der Waals surface area contributed by atoms with Crippen molar-refractivity contribution >= 4 is 0 Å². The molecule has 0 fully saturated rings. The zero-order valence-electron chi connectivity index (χ0n) is 13.5. The van der Waals surface area contributed by atoms with E-state index in [1.54, 1.807) is 7.11 Å². The Morgan fingerprint density at radius 3 is 2.55 bits per heavy atom. The van der Waals surface area contributed by atoms with E-state index in [9.17, 15) is 0 Å². The minimum atomic E-state index is 0.537. The normalized spacial score (nSPS) is 12.7.